The van der Waals surface area contributed by atoms with Crippen molar-refractivity contribution in [3.63, 3.8) is 0 Å². The molecule has 1 aromatic heterocycles. The summed E-state index contributed by atoms with van der Waals surface area (Å²) in [6.07, 6.45) is 2.31. The molecule has 3 rings (SSSR count). The second kappa shape index (κ2) is 5.81. The summed E-state index contributed by atoms with van der Waals surface area (Å²) in [5.74, 6) is 2.52. The quantitative estimate of drug-likeness (QED) is 0.887. The largest absolute Gasteiger partial charge is 0.483 e. The fourth-order valence-electron chi connectivity index (χ4n) is 2.00. The van der Waals surface area contributed by atoms with Gasteiger partial charge in [-0.05, 0) is 32.0 Å². The van der Waals surface area contributed by atoms with Crippen molar-refractivity contribution in [2.24, 2.45) is 0 Å². The van der Waals surface area contributed by atoms with E-state index in [1.54, 1.807) is 0 Å². The first-order valence-corrected chi connectivity index (χ1v) is 7.03. The fourth-order valence-corrected chi connectivity index (χ4v) is 2.23. The maximum Gasteiger partial charge on any atom is 0.264 e. The summed E-state index contributed by atoms with van der Waals surface area (Å²) >= 11 is 6.17. The molecule has 20 heavy (non-hydrogen) atoms. The minimum absolute atomic E-state index is 0.261. The van der Waals surface area contributed by atoms with E-state index in [1.165, 1.54) is 0 Å². The van der Waals surface area contributed by atoms with Gasteiger partial charge in [-0.1, -0.05) is 22.8 Å². The first-order valence-electron chi connectivity index (χ1n) is 6.65. The molecule has 1 fully saturated rings. The standard InChI is InChI=1S/C14H16ClN3O2/c1-16-7-10-11(15)3-2-4-12(10)19-8-13-17-14(18-20-13)9-5-6-9/h2-4,9,16H,5-8H2,1H3. The molecule has 1 saturated carbocycles. The van der Waals surface area contributed by atoms with E-state index < -0.39 is 0 Å². The van der Waals surface area contributed by atoms with Gasteiger partial charge < -0.3 is 14.6 Å². The summed E-state index contributed by atoms with van der Waals surface area (Å²) in [5.41, 5.74) is 0.929. The molecular formula is C14H16ClN3O2. The lowest BCUT2D eigenvalue weighted by Gasteiger charge is -2.11. The number of aromatic nitrogens is 2. The Balaban J connectivity index is 1.69. The highest BCUT2D eigenvalue weighted by Crippen LogP contribution is 2.38. The number of nitrogens with one attached hydrogen (secondary N) is 1. The maximum absolute atomic E-state index is 6.17. The third-order valence-corrected chi connectivity index (χ3v) is 3.56. The highest BCUT2D eigenvalue weighted by atomic mass is 35.5. The summed E-state index contributed by atoms with van der Waals surface area (Å²) in [7, 11) is 1.87. The lowest BCUT2D eigenvalue weighted by Crippen LogP contribution is -2.08. The summed E-state index contributed by atoms with van der Waals surface area (Å²) in [4.78, 5) is 4.33. The van der Waals surface area contributed by atoms with Gasteiger partial charge in [0.05, 0.1) is 0 Å². The zero-order valence-corrected chi connectivity index (χ0v) is 12.0. The number of halogens is 1. The number of ether oxygens (including phenoxy) is 1. The molecule has 1 N–H and O–H groups in total. The predicted molar refractivity (Wildman–Crippen MR) is 74.8 cm³/mol. The Labute approximate surface area is 122 Å². The fraction of sp³-hybridized carbons (Fsp3) is 0.429. The van der Waals surface area contributed by atoms with Crippen molar-refractivity contribution in [2.75, 3.05) is 7.05 Å². The molecule has 0 atom stereocenters. The van der Waals surface area contributed by atoms with Crippen LogP contribution in [0.4, 0.5) is 0 Å². The molecule has 0 radical (unpaired) electrons. The molecule has 5 nitrogen and oxygen atoms in total. The molecule has 1 heterocycles. The number of nitrogens with zero attached hydrogens (tertiary/aromatic N) is 2. The van der Waals surface area contributed by atoms with Crippen molar-refractivity contribution in [3.8, 4) is 5.75 Å². The molecule has 1 aromatic carbocycles. The van der Waals surface area contributed by atoms with Crippen LogP contribution < -0.4 is 10.1 Å². The molecule has 0 bridgehead atoms. The lowest BCUT2D eigenvalue weighted by molar-refractivity contribution is 0.240. The van der Waals surface area contributed by atoms with Gasteiger partial charge in [0.15, 0.2) is 12.4 Å². The second-order valence-corrected chi connectivity index (χ2v) is 5.26. The SMILES string of the molecule is CNCc1c(Cl)cccc1OCc1nc(C2CC2)no1. The maximum atomic E-state index is 6.17. The van der Waals surface area contributed by atoms with E-state index in [4.69, 9.17) is 20.9 Å². The lowest BCUT2D eigenvalue weighted by atomic mass is 10.2. The summed E-state index contributed by atoms with van der Waals surface area (Å²) < 4.78 is 10.9. The average molecular weight is 294 g/mol. The number of rotatable bonds is 6. The van der Waals surface area contributed by atoms with E-state index in [9.17, 15) is 0 Å². The molecular weight excluding hydrogens is 278 g/mol. The molecule has 6 heteroatoms. The Hall–Kier alpha value is -1.59. The minimum atomic E-state index is 0.261. The van der Waals surface area contributed by atoms with E-state index in [0.29, 0.717) is 23.4 Å². The molecule has 1 aliphatic rings. The van der Waals surface area contributed by atoms with E-state index in [-0.39, 0.29) is 6.61 Å². The highest BCUT2D eigenvalue weighted by Gasteiger charge is 2.28. The van der Waals surface area contributed by atoms with Gasteiger partial charge in [0.2, 0.25) is 0 Å². The Morgan fingerprint density at radius 3 is 3.05 bits per heavy atom. The van der Waals surface area contributed by atoms with Crippen LogP contribution in [0.1, 0.15) is 36.0 Å². The van der Waals surface area contributed by atoms with Gasteiger partial charge >= 0.3 is 0 Å². The number of hydrogen-bond acceptors (Lipinski definition) is 5. The van der Waals surface area contributed by atoms with Gasteiger partial charge in [-0.3, -0.25) is 0 Å². The van der Waals surface area contributed by atoms with Crippen LogP contribution in [0.15, 0.2) is 22.7 Å². The third kappa shape index (κ3) is 2.94. The zero-order chi connectivity index (χ0) is 13.9. The molecule has 0 aliphatic heterocycles. The first kappa shape index (κ1) is 13.4. The van der Waals surface area contributed by atoms with Crippen molar-refractivity contribution in [2.45, 2.75) is 31.9 Å². The van der Waals surface area contributed by atoms with Crippen molar-refractivity contribution in [1.29, 1.82) is 0 Å². The molecule has 1 aliphatic carbocycles. The summed E-state index contributed by atoms with van der Waals surface area (Å²) in [6, 6.07) is 5.59. The molecule has 0 saturated heterocycles. The molecule has 0 unspecified atom stereocenters. The van der Waals surface area contributed by atoms with Gasteiger partial charge in [0, 0.05) is 23.0 Å². The van der Waals surface area contributed by atoms with Gasteiger partial charge in [-0.2, -0.15) is 4.98 Å². The van der Waals surface area contributed by atoms with Gasteiger partial charge in [0.25, 0.3) is 5.89 Å². The van der Waals surface area contributed by atoms with E-state index in [0.717, 1.165) is 30.0 Å². The second-order valence-electron chi connectivity index (χ2n) is 4.86. The smallest absolute Gasteiger partial charge is 0.264 e. The first-order chi connectivity index (χ1) is 9.78. The van der Waals surface area contributed by atoms with Gasteiger partial charge in [-0.25, -0.2) is 0 Å². The number of hydrogen-bond donors (Lipinski definition) is 1. The Morgan fingerprint density at radius 2 is 2.30 bits per heavy atom. The van der Waals surface area contributed by atoms with Gasteiger partial charge in [0.1, 0.15) is 5.75 Å². The van der Waals surface area contributed by atoms with Crippen LogP contribution in [-0.2, 0) is 13.2 Å². The predicted octanol–water partition coefficient (Wildman–Crippen LogP) is 2.90. The van der Waals surface area contributed by atoms with Crippen LogP contribution in [0.3, 0.4) is 0 Å². The molecule has 0 amide bonds. The topological polar surface area (TPSA) is 60.2 Å². The van der Waals surface area contributed by atoms with Crippen molar-refractivity contribution < 1.29 is 9.26 Å². The molecule has 2 aromatic rings. The van der Waals surface area contributed by atoms with Crippen LogP contribution in [0.5, 0.6) is 5.75 Å². The van der Waals surface area contributed by atoms with Crippen LogP contribution in [0, 0.1) is 0 Å². The van der Waals surface area contributed by atoms with E-state index in [2.05, 4.69) is 15.5 Å². The van der Waals surface area contributed by atoms with E-state index >= 15 is 0 Å². The average Bonchev–Trinajstić information content (AvgIpc) is 3.19. The minimum Gasteiger partial charge on any atom is -0.483 e. The zero-order valence-electron chi connectivity index (χ0n) is 11.2. The Bertz CT molecular complexity index is 596. The van der Waals surface area contributed by atoms with Crippen molar-refractivity contribution >= 4 is 11.6 Å². The van der Waals surface area contributed by atoms with Crippen LogP contribution in [0.25, 0.3) is 0 Å². The Kier molecular flexibility index (Phi) is 3.89. The number of benzene rings is 1. The van der Waals surface area contributed by atoms with Crippen molar-refractivity contribution in [3.05, 3.63) is 40.5 Å². The third-order valence-electron chi connectivity index (χ3n) is 3.21. The van der Waals surface area contributed by atoms with Crippen LogP contribution >= 0.6 is 11.6 Å². The Morgan fingerprint density at radius 1 is 1.45 bits per heavy atom. The summed E-state index contributed by atoms with van der Waals surface area (Å²) in [5, 5.41) is 7.72. The molecule has 0 spiro atoms. The summed E-state index contributed by atoms with van der Waals surface area (Å²) in [6.45, 7) is 0.906. The van der Waals surface area contributed by atoms with Gasteiger partial charge in [-0.15, -0.1) is 0 Å². The van der Waals surface area contributed by atoms with E-state index in [1.807, 2.05) is 25.2 Å². The van der Waals surface area contributed by atoms with Crippen molar-refractivity contribution in [1.82, 2.24) is 15.5 Å². The molecule has 106 valence electrons. The van der Waals surface area contributed by atoms with Crippen LogP contribution in [0.2, 0.25) is 5.02 Å². The highest BCUT2D eigenvalue weighted by molar-refractivity contribution is 6.31. The monoisotopic (exact) mass is 293 g/mol. The van der Waals surface area contributed by atoms with Crippen LogP contribution in [-0.4, -0.2) is 17.2 Å². The normalized spacial score (nSPS) is 14.5.